The first-order chi connectivity index (χ1) is 8.31. The van der Waals surface area contributed by atoms with Crippen molar-refractivity contribution >= 4 is 0 Å². The summed E-state index contributed by atoms with van der Waals surface area (Å²) in [4.78, 5) is 0. The van der Waals surface area contributed by atoms with Gasteiger partial charge in [0.15, 0.2) is 0 Å². The van der Waals surface area contributed by atoms with E-state index < -0.39 is 0 Å². The molecule has 0 fully saturated rings. The van der Waals surface area contributed by atoms with Gasteiger partial charge in [-0.2, -0.15) is 0 Å². The Labute approximate surface area is 101 Å². The molecule has 1 aliphatic rings. The Balaban J connectivity index is 2.15. The molecule has 3 nitrogen and oxygen atoms in total. The molecule has 1 unspecified atom stereocenters. The largest absolute Gasteiger partial charge is 0.360 e. The van der Waals surface area contributed by atoms with Crippen LogP contribution in [0.2, 0.25) is 0 Å². The van der Waals surface area contributed by atoms with E-state index in [0.717, 1.165) is 29.9 Å². The summed E-state index contributed by atoms with van der Waals surface area (Å²) < 4.78 is 5.44. The minimum absolute atomic E-state index is 0.408. The minimum Gasteiger partial charge on any atom is -0.360 e. The maximum absolute atomic E-state index is 5.82. The lowest BCUT2D eigenvalue weighted by molar-refractivity contribution is 0.388. The van der Waals surface area contributed by atoms with Gasteiger partial charge in [0, 0.05) is 23.5 Å². The lowest BCUT2D eigenvalue weighted by atomic mass is 9.96. The average molecular weight is 228 g/mol. The second-order valence-electron chi connectivity index (χ2n) is 4.65. The Bertz CT molecular complexity index is 545. The van der Waals surface area contributed by atoms with Crippen molar-refractivity contribution in [3.8, 4) is 11.3 Å². The van der Waals surface area contributed by atoms with Crippen LogP contribution in [-0.4, -0.2) is 11.7 Å². The third-order valence-corrected chi connectivity index (χ3v) is 3.62. The molecule has 3 rings (SSSR count). The Morgan fingerprint density at radius 3 is 3.00 bits per heavy atom. The zero-order valence-electron chi connectivity index (χ0n) is 9.94. The summed E-state index contributed by atoms with van der Waals surface area (Å²) in [5.41, 5.74) is 10.4. The summed E-state index contributed by atoms with van der Waals surface area (Å²) in [5.74, 6) is 1.43. The molecule has 0 saturated carbocycles. The Kier molecular flexibility index (Phi) is 2.48. The highest BCUT2D eigenvalue weighted by Gasteiger charge is 2.30. The van der Waals surface area contributed by atoms with Crippen LogP contribution in [0.5, 0.6) is 0 Å². The van der Waals surface area contributed by atoms with E-state index in [-0.39, 0.29) is 0 Å². The van der Waals surface area contributed by atoms with Gasteiger partial charge in [-0.15, -0.1) is 0 Å². The van der Waals surface area contributed by atoms with Crippen LogP contribution in [-0.2, 0) is 6.42 Å². The topological polar surface area (TPSA) is 52.0 Å². The fourth-order valence-electron chi connectivity index (χ4n) is 2.65. The molecule has 0 aliphatic heterocycles. The fourth-order valence-corrected chi connectivity index (χ4v) is 2.65. The zero-order chi connectivity index (χ0) is 11.8. The lowest BCUT2D eigenvalue weighted by Gasteiger charge is -2.09. The van der Waals surface area contributed by atoms with Crippen molar-refractivity contribution in [1.29, 1.82) is 0 Å². The molecule has 1 heterocycles. The molecular weight excluding hydrogens is 212 g/mol. The van der Waals surface area contributed by atoms with E-state index in [2.05, 4.69) is 24.2 Å². The molecule has 1 atom stereocenters. The van der Waals surface area contributed by atoms with E-state index in [4.69, 9.17) is 10.3 Å². The third kappa shape index (κ3) is 1.58. The van der Waals surface area contributed by atoms with Crippen LogP contribution < -0.4 is 5.73 Å². The summed E-state index contributed by atoms with van der Waals surface area (Å²) in [5, 5.41) is 4.24. The number of fused-ring (bicyclic) bond motifs is 1. The maximum atomic E-state index is 5.82. The van der Waals surface area contributed by atoms with Crippen LogP contribution in [0.25, 0.3) is 11.3 Å². The molecule has 2 N–H and O–H groups in total. The molecule has 0 spiro atoms. The number of hydrogen-bond acceptors (Lipinski definition) is 3. The normalized spacial score (nSPS) is 18.4. The zero-order valence-corrected chi connectivity index (χ0v) is 9.94. The second-order valence-corrected chi connectivity index (χ2v) is 4.65. The number of benzene rings is 1. The average Bonchev–Trinajstić information content (AvgIpc) is 2.91. The molecule has 0 amide bonds. The molecular formula is C14H16N2O. The van der Waals surface area contributed by atoms with Crippen molar-refractivity contribution in [3.63, 3.8) is 0 Å². The summed E-state index contributed by atoms with van der Waals surface area (Å²) in [6, 6.07) is 8.28. The predicted molar refractivity (Wildman–Crippen MR) is 66.8 cm³/mol. The smallest absolute Gasteiger partial charge is 0.140 e. The molecule has 3 heteroatoms. The molecule has 0 saturated heterocycles. The van der Waals surface area contributed by atoms with Gasteiger partial charge in [-0.05, 0) is 25.5 Å². The molecule has 1 aliphatic carbocycles. The van der Waals surface area contributed by atoms with E-state index in [0.29, 0.717) is 12.5 Å². The molecule has 17 heavy (non-hydrogen) atoms. The van der Waals surface area contributed by atoms with Gasteiger partial charge in [0.2, 0.25) is 0 Å². The first-order valence-electron chi connectivity index (χ1n) is 6.05. The number of aryl methyl sites for hydroxylation is 2. The molecule has 0 bridgehead atoms. The number of nitrogens with two attached hydrogens (primary N) is 1. The number of rotatable bonds is 2. The fraction of sp³-hybridized carbons (Fsp3) is 0.357. The van der Waals surface area contributed by atoms with E-state index in [9.17, 15) is 0 Å². The van der Waals surface area contributed by atoms with Gasteiger partial charge < -0.3 is 10.3 Å². The predicted octanol–water partition coefficient (Wildman–Crippen LogP) is 2.64. The van der Waals surface area contributed by atoms with Crippen LogP contribution in [0.3, 0.4) is 0 Å². The monoisotopic (exact) mass is 228 g/mol. The second kappa shape index (κ2) is 4.00. The van der Waals surface area contributed by atoms with Crippen LogP contribution in [0.4, 0.5) is 0 Å². The summed E-state index contributed by atoms with van der Waals surface area (Å²) in [6.45, 7) is 2.77. The number of hydrogen-bond donors (Lipinski definition) is 1. The highest BCUT2D eigenvalue weighted by Crippen LogP contribution is 2.40. The first-order valence-corrected chi connectivity index (χ1v) is 6.05. The first kappa shape index (κ1) is 10.5. The lowest BCUT2D eigenvalue weighted by Crippen LogP contribution is -2.10. The van der Waals surface area contributed by atoms with Crippen molar-refractivity contribution in [2.45, 2.75) is 25.7 Å². The van der Waals surface area contributed by atoms with Crippen molar-refractivity contribution < 1.29 is 4.52 Å². The Morgan fingerprint density at radius 2 is 2.24 bits per heavy atom. The highest BCUT2D eigenvalue weighted by atomic mass is 16.5. The standard InChI is InChI=1S/C14H16N2O/c1-9-4-2-3-5-11(9)14-13-10(8-15)6-7-12(13)17-16-14/h2-5,10H,6-8,15H2,1H3. The summed E-state index contributed by atoms with van der Waals surface area (Å²) in [6.07, 6.45) is 2.06. The Hall–Kier alpha value is -1.61. The quantitative estimate of drug-likeness (QED) is 0.859. The van der Waals surface area contributed by atoms with Gasteiger partial charge in [0.25, 0.3) is 0 Å². The van der Waals surface area contributed by atoms with Crippen molar-refractivity contribution in [2.75, 3.05) is 6.54 Å². The van der Waals surface area contributed by atoms with Gasteiger partial charge in [-0.1, -0.05) is 29.4 Å². The number of nitrogens with zero attached hydrogens (tertiary/aromatic N) is 1. The number of aromatic nitrogens is 1. The maximum Gasteiger partial charge on any atom is 0.140 e. The molecule has 1 aromatic heterocycles. The van der Waals surface area contributed by atoms with E-state index in [1.54, 1.807) is 0 Å². The van der Waals surface area contributed by atoms with Gasteiger partial charge in [0.05, 0.1) is 0 Å². The van der Waals surface area contributed by atoms with E-state index in [1.807, 2.05) is 12.1 Å². The van der Waals surface area contributed by atoms with Gasteiger partial charge in [-0.25, -0.2) is 0 Å². The van der Waals surface area contributed by atoms with Gasteiger partial charge in [0.1, 0.15) is 11.5 Å². The molecule has 2 aromatic rings. The van der Waals surface area contributed by atoms with Crippen LogP contribution in [0, 0.1) is 6.92 Å². The van der Waals surface area contributed by atoms with Crippen molar-refractivity contribution in [1.82, 2.24) is 5.16 Å². The van der Waals surface area contributed by atoms with Crippen LogP contribution >= 0.6 is 0 Å². The highest BCUT2D eigenvalue weighted by molar-refractivity contribution is 5.68. The third-order valence-electron chi connectivity index (χ3n) is 3.62. The van der Waals surface area contributed by atoms with Gasteiger partial charge in [-0.3, -0.25) is 0 Å². The molecule has 1 aromatic carbocycles. The van der Waals surface area contributed by atoms with Crippen LogP contribution in [0.15, 0.2) is 28.8 Å². The summed E-state index contributed by atoms with van der Waals surface area (Å²) in [7, 11) is 0. The molecule has 88 valence electrons. The summed E-state index contributed by atoms with van der Waals surface area (Å²) >= 11 is 0. The molecule has 0 radical (unpaired) electrons. The SMILES string of the molecule is Cc1ccccc1-c1noc2c1C(CN)CC2. The van der Waals surface area contributed by atoms with Crippen molar-refractivity contribution in [2.24, 2.45) is 5.73 Å². The van der Waals surface area contributed by atoms with Gasteiger partial charge >= 0.3 is 0 Å². The Morgan fingerprint density at radius 1 is 1.41 bits per heavy atom. The van der Waals surface area contributed by atoms with E-state index >= 15 is 0 Å². The van der Waals surface area contributed by atoms with Crippen molar-refractivity contribution in [3.05, 3.63) is 41.2 Å². The van der Waals surface area contributed by atoms with Crippen LogP contribution in [0.1, 0.15) is 29.2 Å². The van der Waals surface area contributed by atoms with E-state index in [1.165, 1.54) is 11.1 Å². The minimum atomic E-state index is 0.408.